The third kappa shape index (κ3) is 3.32. The lowest BCUT2D eigenvalue weighted by Gasteiger charge is -2.24. The van der Waals surface area contributed by atoms with Crippen molar-refractivity contribution in [2.45, 2.75) is 19.5 Å². The summed E-state index contributed by atoms with van der Waals surface area (Å²) >= 11 is 0. The number of hydrogen-bond donors (Lipinski definition) is 0. The molecule has 0 bridgehead atoms. The molecule has 0 saturated carbocycles. The van der Waals surface area contributed by atoms with Crippen LogP contribution < -0.4 is 0 Å². The van der Waals surface area contributed by atoms with Gasteiger partial charge in [-0.2, -0.15) is 0 Å². The molecule has 0 amide bonds. The smallest absolute Gasteiger partial charge is 0.130 e. The van der Waals surface area contributed by atoms with Crippen LogP contribution in [0.15, 0.2) is 36.8 Å². The highest BCUT2D eigenvalue weighted by Gasteiger charge is 2.15. The Kier molecular flexibility index (Phi) is 4.16. The molecule has 0 aliphatic heterocycles. The number of nitrogens with zero attached hydrogens (tertiary/aromatic N) is 3. The molecular formula is C14H15F2N3. The second-order valence-corrected chi connectivity index (χ2v) is 4.46. The summed E-state index contributed by atoms with van der Waals surface area (Å²) in [6.45, 7) is 2.36. The van der Waals surface area contributed by atoms with Gasteiger partial charge in [0, 0.05) is 30.4 Å². The molecule has 2 aromatic rings. The molecule has 0 aliphatic rings. The Bertz CT molecular complexity index is 546. The van der Waals surface area contributed by atoms with Crippen molar-refractivity contribution < 1.29 is 8.78 Å². The Balaban J connectivity index is 2.10. The molecule has 1 atom stereocenters. The highest BCUT2D eigenvalue weighted by Crippen LogP contribution is 2.19. The molecule has 5 heteroatoms. The molecule has 19 heavy (non-hydrogen) atoms. The van der Waals surface area contributed by atoms with Gasteiger partial charge in [-0.15, -0.1) is 0 Å². The predicted octanol–water partition coefficient (Wildman–Crippen LogP) is 2.95. The van der Waals surface area contributed by atoms with Crippen molar-refractivity contribution >= 4 is 0 Å². The molecule has 3 nitrogen and oxygen atoms in total. The van der Waals surface area contributed by atoms with Crippen molar-refractivity contribution in [3.63, 3.8) is 0 Å². The van der Waals surface area contributed by atoms with Gasteiger partial charge in [-0.3, -0.25) is 4.90 Å². The van der Waals surface area contributed by atoms with Crippen molar-refractivity contribution in [1.29, 1.82) is 0 Å². The molecule has 0 N–H and O–H groups in total. The summed E-state index contributed by atoms with van der Waals surface area (Å²) in [5.41, 5.74) is 1.32. The zero-order valence-electron chi connectivity index (χ0n) is 10.8. The van der Waals surface area contributed by atoms with Gasteiger partial charge in [0.2, 0.25) is 0 Å². The van der Waals surface area contributed by atoms with Gasteiger partial charge in [0.25, 0.3) is 0 Å². The van der Waals surface area contributed by atoms with Crippen molar-refractivity contribution in [3.8, 4) is 0 Å². The van der Waals surface area contributed by atoms with E-state index >= 15 is 0 Å². The zero-order chi connectivity index (χ0) is 13.8. The Morgan fingerprint density at radius 1 is 1.26 bits per heavy atom. The molecule has 0 aliphatic carbocycles. The topological polar surface area (TPSA) is 29.0 Å². The van der Waals surface area contributed by atoms with Crippen LogP contribution in [0, 0.1) is 11.6 Å². The maximum atomic E-state index is 13.6. The molecule has 0 saturated heterocycles. The highest BCUT2D eigenvalue weighted by molar-refractivity contribution is 5.18. The summed E-state index contributed by atoms with van der Waals surface area (Å²) in [4.78, 5) is 9.98. The van der Waals surface area contributed by atoms with E-state index in [1.54, 1.807) is 6.20 Å². The minimum atomic E-state index is -0.562. The zero-order valence-corrected chi connectivity index (χ0v) is 10.8. The lowest BCUT2D eigenvalue weighted by atomic mass is 10.1. The quantitative estimate of drug-likeness (QED) is 0.849. The van der Waals surface area contributed by atoms with Gasteiger partial charge in [0.1, 0.15) is 18.0 Å². The van der Waals surface area contributed by atoms with E-state index in [4.69, 9.17) is 0 Å². The number of halogens is 2. The summed E-state index contributed by atoms with van der Waals surface area (Å²) in [6, 6.07) is 5.48. The van der Waals surface area contributed by atoms with Crippen LogP contribution in [0.25, 0.3) is 0 Å². The van der Waals surface area contributed by atoms with E-state index in [9.17, 15) is 8.78 Å². The van der Waals surface area contributed by atoms with Gasteiger partial charge in [-0.1, -0.05) is 6.07 Å². The molecule has 0 radical (unpaired) electrons. The summed E-state index contributed by atoms with van der Waals surface area (Å²) in [6.07, 6.45) is 3.16. The van der Waals surface area contributed by atoms with Crippen LogP contribution in [0.5, 0.6) is 0 Å². The summed E-state index contributed by atoms with van der Waals surface area (Å²) < 4.78 is 26.4. The van der Waals surface area contributed by atoms with Gasteiger partial charge < -0.3 is 0 Å². The number of rotatable bonds is 4. The predicted molar refractivity (Wildman–Crippen MR) is 68.3 cm³/mol. The van der Waals surface area contributed by atoms with Crippen molar-refractivity contribution in [2.75, 3.05) is 7.05 Å². The Morgan fingerprint density at radius 2 is 2.05 bits per heavy atom. The average Bonchev–Trinajstić information content (AvgIpc) is 2.42. The molecule has 0 unspecified atom stereocenters. The Labute approximate surface area is 110 Å². The van der Waals surface area contributed by atoms with E-state index in [1.165, 1.54) is 18.5 Å². The van der Waals surface area contributed by atoms with Crippen molar-refractivity contribution in [2.24, 2.45) is 0 Å². The van der Waals surface area contributed by atoms with Crippen molar-refractivity contribution in [3.05, 3.63) is 59.7 Å². The van der Waals surface area contributed by atoms with Gasteiger partial charge in [-0.25, -0.2) is 18.7 Å². The molecule has 100 valence electrons. The largest absolute Gasteiger partial charge is 0.294 e. The fourth-order valence-corrected chi connectivity index (χ4v) is 1.83. The minimum Gasteiger partial charge on any atom is -0.294 e. The molecular weight excluding hydrogens is 248 g/mol. The van der Waals surface area contributed by atoms with Crippen LogP contribution in [-0.2, 0) is 6.54 Å². The molecule has 1 aromatic heterocycles. The summed E-state index contributed by atoms with van der Waals surface area (Å²) in [7, 11) is 1.87. The lowest BCUT2D eigenvalue weighted by Crippen LogP contribution is -2.23. The summed E-state index contributed by atoms with van der Waals surface area (Å²) in [5, 5.41) is 0. The first kappa shape index (κ1) is 13.5. The molecule has 0 spiro atoms. The van der Waals surface area contributed by atoms with Crippen LogP contribution in [-0.4, -0.2) is 21.9 Å². The second kappa shape index (κ2) is 5.84. The third-order valence-electron chi connectivity index (χ3n) is 3.13. The fraction of sp³-hybridized carbons (Fsp3) is 0.286. The van der Waals surface area contributed by atoms with Gasteiger partial charge in [0.05, 0.1) is 5.69 Å². The SMILES string of the molecule is C[C@@H](c1ccncn1)N(C)Cc1ccc(F)cc1F. The maximum Gasteiger partial charge on any atom is 0.130 e. The standard InChI is InChI=1S/C14H15F2N3/c1-10(14-5-6-17-9-18-14)19(2)8-11-3-4-12(15)7-13(11)16/h3-7,9-10H,8H2,1-2H3/t10-/m0/s1. The molecule has 1 aromatic carbocycles. The van der Waals surface area contributed by atoms with Gasteiger partial charge in [0.15, 0.2) is 0 Å². The number of hydrogen-bond acceptors (Lipinski definition) is 3. The van der Waals surface area contributed by atoms with E-state index in [0.29, 0.717) is 12.1 Å². The molecule has 2 rings (SSSR count). The van der Waals surface area contributed by atoms with Crippen molar-refractivity contribution in [1.82, 2.24) is 14.9 Å². The highest BCUT2D eigenvalue weighted by atomic mass is 19.1. The van der Waals surface area contributed by atoms with Crippen LogP contribution in [0.3, 0.4) is 0 Å². The van der Waals surface area contributed by atoms with Gasteiger partial charge in [-0.05, 0) is 26.1 Å². The third-order valence-corrected chi connectivity index (χ3v) is 3.13. The molecule has 0 fully saturated rings. The van der Waals surface area contributed by atoms with E-state index in [-0.39, 0.29) is 6.04 Å². The Hall–Kier alpha value is -1.88. The van der Waals surface area contributed by atoms with E-state index in [1.807, 2.05) is 24.9 Å². The fourth-order valence-electron chi connectivity index (χ4n) is 1.83. The summed E-state index contributed by atoms with van der Waals surface area (Å²) in [5.74, 6) is -1.09. The second-order valence-electron chi connectivity index (χ2n) is 4.46. The first-order chi connectivity index (χ1) is 9.08. The molecule has 1 heterocycles. The normalized spacial score (nSPS) is 12.7. The monoisotopic (exact) mass is 263 g/mol. The van der Waals surface area contributed by atoms with Crippen LogP contribution >= 0.6 is 0 Å². The Morgan fingerprint density at radius 3 is 2.68 bits per heavy atom. The van der Waals surface area contributed by atoms with E-state index < -0.39 is 11.6 Å². The van der Waals surface area contributed by atoms with Crippen LogP contribution in [0.4, 0.5) is 8.78 Å². The number of aromatic nitrogens is 2. The lowest BCUT2D eigenvalue weighted by molar-refractivity contribution is 0.245. The average molecular weight is 263 g/mol. The first-order valence-electron chi connectivity index (χ1n) is 5.98. The van der Waals surface area contributed by atoms with Crippen LogP contribution in [0.1, 0.15) is 24.2 Å². The van der Waals surface area contributed by atoms with E-state index in [0.717, 1.165) is 11.8 Å². The van der Waals surface area contributed by atoms with Gasteiger partial charge >= 0.3 is 0 Å². The number of benzene rings is 1. The van der Waals surface area contributed by atoms with E-state index in [2.05, 4.69) is 9.97 Å². The maximum absolute atomic E-state index is 13.6. The van der Waals surface area contributed by atoms with Crippen LogP contribution in [0.2, 0.25) is 0 Å². The first-order valence-corrected chi connectivity index (χ1v) is 5.98. The minimum absolute atomic E-state index is 0.0208.